The highest BCUT2D eigenvalue weighted by Crippen LogP contribution is 2.33. The summed E-state index contributed by atoms with van der Waals surface area (Å²) in [5.41, 5.74) is -0.383. The molecule has 9 saturated heterocycles. The number of hydrogen-bond donors (Lipinski definition) is 9. The second kappa shape index (κ2) is 70.4. The molecule has 42 nitrogen and oxygen atoms in total. The predicted octanol–water partition coefficient (Wildman–Crippen LogP) is 7.58. The molecule has 149 heavy (non-hydrogen) atoms. The molecule has 0 amide bonds. The molecule has 876 valence electrons. The number of carboxylic acid groups (broad SMARTS) is 9. The van der Waals surface area contributed by atoms with Crippen molar-refractivity contribution in [2.45, 2.75) is 303 Å². The summed E-state index contributed by atoms with van der Waals surface area (Å²) in [7, 11) is 5.45. The van der Waals surface area contributed by atoms with Crippen LogP contribution < -0.4 is 0 Å². The Morgan fingerprint density at radius 3 is 1.11 bits per heavy atom. The molecule has 9 aliphatic rings. The van der Waals surface area contributed by atoms with Crippen molar-refractivity contribution >= 4 is 77.2 Å². The van der Waals surface area contributed by atoms with E-state index in [1.165, 1.54) is 23.5 Å². The average molecular weight is 2200 g/mol. The molecular formula is C100H189F5N12O30S2. The Balaban J connectivity index is 0.000000839. The first-order valence-corrected chi connectivity index (χ1v) is 53.6. The molecule has 49 heteroatoms. The molecular weight excluding hydrogens is 2010 g/mol. The lowest BCUT2D eigenvalue weighted by Gasteiger charge is -2.46. The first-order valence-electron chi connectivity index (χ1n) is 51.3. The summed E-state index contributed by atoms with van der Waals surface area (Å²) < 4.78 is 129. The van der Waals surface area contributed by atoms with Crippen LogP contribution in [0.3, 0.4) is 0 Å². The van der Waals surface area contributed by atoms with Gasteiger partial charge < -0.3 is 103 Å². The Morgan fingerprint density at radius 2 is 0.698 bits per heavy atom. The van der Waals surface area contributed by atoms with E-state index in [4.69, 9.17) is 93.3 Å². The van der Waals surface area contributed by atoms with Crippen LogP contribution in [-0.4, -0.2) is 570 Å². The van der Waals surface area contributed by atoms with E-state index in [0.717, 1.165) is 123 Å². The number of thioether (sulfide) groups is 2. The smallest absolute Gasteiger partial charge is 0.368 e. The molecule has 0 aromatic carbocycles. The van der Waals surface area contributed by atoms with Crippen molar-refractivity contribution < 1.29 is 168 Å². The van der Waals surface area contributed by atoms with Gasteiger partial charge in [0.25, 0.3) is 0 Å². The lowest BCUT2D eigenvalue weighted by molar-refractivity contribution is -0.309. The summed E-state index contributed by atoms with van der Waals surface area (Å²) in [6, 6.07) is 2.00. The molecule has 9 heterocycles. The molecule has 0 aliphatic carbocycles. The zero-order chi connectivity index (χ0) is 114. The van der Waals surface area contributed by atoms with E-state index in [9.17, 15) is 65.1 Å². The van der Waals surface area contributed by atoms with Gasteiger partial charge in [-0.05, 0) is 200 Å². The van der Waals surface area contributed by atoms with E-state index in [-0.39, 0.29) is 123 Å². The zero-order valence-electron chi connectivity index (χ0n) is 94.1. The fourth-order valence-electron chi connectivity index (χ4n) is 17.5. The minimum Gasteiger partial charge on any atom is -0.481 e. The number of likely N-dealkylation sites (tertiary alicyclic amines) is 1. The van der Waals surface area contributed by atoms with Gasteiger partial charge in [-0.1, -0.05) is 0 Å². The molecule has 0 aromatic heterocycles. The van der Waals surface area contributed by atoms with E-state index < -0.39 is 116 Å². The van der Waals surface area contributed by atoms with Crippen molar-refractivity contribution in [2.75, 3.05) is 287 Å². The van der Waals surface area contributed by atoms with E-state index in [1.807, 2.05) is 60.5 Å². The molecule has 0 radical (unpaired) electrons. The van der Waals surface area contributed by atoms with Crippen molar-refractivity contribution in [2.24, 2.45) is 0 Å². The van der Waals surface area contributed by atoms with Gasteiger partial charge in [0.2, 0.25) is 0 Å². The molecule has 10 unspecified atom stereocenters. The summed E-state index contributed by atoms with van der Waals surface area (Å²) in [5.74, 6) is -6.04. The van der Waals surface area contributed by atoms with Gasteiger partial charge in [0.15, 0.2) is 0 Å². The number of carboxylic acids is 9. The lowest BCUT2D eigenvalue weighted by Crippen LogP contribution is -2.60. The number of alkyl halides is 5. The van der Waals surface area contributed by atoms with Gasteiger partial charge in [-0.2, -0.15) is 17.6 Å². The largest absolute Gasteiger partial charge is 0.481 e. The third-order valence-corrected chi connectivity index (χ3v) is 26.9. The summed E-state index contributed by atoms with van der Waals surface area (Å²) >= 11 is 2.90. The number of ether oxygens (including phenoxy) is 12. The second-order valence-electron chi connectivity index (χ2n) is 45.2. The summed E-state index contributed by atoms with van der Waals surface area (Å²) in [6.07, 6.45) is -6.32. The number of piperidine rings is 1. The molecule has 0 aromatic rings. The molecule has 9 rings (SSSR count). The van der Waals surface area contributed by atoms with Gasteiger partial charge >= 0.3 is 65.9 Å². The number of hydrogen-bond acceptors (Lipinski definition) is 35. The third-order valence-electron chi connectivity index (χ3n) is 24.8. The maximum atomic E-state index is 13.4. The van der Waals surface area contributed by atoms with E-state index in [1.54, 1.807) is 26.6 Å². The Labute approximate surface area is 890 Å². The molecule has 0 bridgehead atoms. The number of nitrogens with zero attached hydrogens (tertiary/aromatic N) is 12. The van der Waals surface area contributed by atoms with Gasteiger partial charge in [0.1, 0.15) is 32.6 Å². The van der Waals surface area contributed by atoms with Crippen LogP contribution in [0.15, 0.2) is 0 Å². The fraction of sp³-hybridized carbons (Fsp3) is 0.910. The van der Waals surface area contributed by atoms with E-state index >= 15 is 0 Å². The van der Waals surface area contributed by atoms with Crippen LogP contribution >= 0.6 is 23.5 Å². The first kappa shape index (κ1) is 142. The van der Waals surface area contributed by atoms with Crippen molar-refractivity contribution in [1.29, 1.82) is 0 Å². The third kappa shape index (κ3) is 65.4. The molecule has 9 N–H and O–H groups in total. The fourth-order valence-corrected chi connectivity index (χ4v) is 19.1. The maximum Gasteiger partial charge on any atom is 0.368 e. The molecule has 9 aliphatic heterocycles. The Kier molecular flexibility index (Phi) is 66.9. The molecule has 10 atom stereocenters. The van der Waals surface area contributed by atoms with Crippen LogP contribution in [0.2, 0.25) is 0 Å². The number of rotatable bonds is 39. The van der Waals surface area contributed by atoms with Crippen molar-refractivity contribution in [3.8, 4) is 0 Å². The normalized spacial score (nSPS) is 24.0. The Bertz CT molecular complexity index is 3730. The maximum absolute atomic E-state index is 13.4. The molecule has 0 spiro atoms. The van der Waals surface area contributed by atoms with Gasteiger partial charge in [0, 0.05) is 173 Å². The second-order valence-corrected chi connectivity index (χ2v) is 47.3. The standard InChI is InChI=1S/C12H23FN2O2.C12H24N2O3.2C11H19F2NO4.C11H22N2O3.2C11H21NO4.C11H21NO3S.C10H19NO3S/c1-9(2)15-6-10(13)4-5-11(15)7-14(3)8-12(16)17;1-12(2,3)14-5-6-17-10(8-14)7-13(4)9-11(15)16;1-10(2,3)14-7-11(12,13)18-5-8(14)4-17-6-9(15)16;1-10(2,3)14-4-8(5-17-6-9(15)16)18-11(12,13)7-14;1-9(2)13-4-5-16-8-10(13)6-12(3)7-11(14)15;1-11(2,3)12-4-5-15-6-9(12)7-16-8-10(13)14;1-11(2,3)12-4-5-16-9(6-12)7-15-8-10(13)14;1-11(2,3)12-4-5-15-9(6-12)7-16-8-10(13)14;1-8(2)11-3-4-14-5-9(11)6-15-7-10(12)13/h9-11H,4-8H2,1-3H3,(H,16,17);10H,5-9H2,1-4H3,(H,15,16);2*8H,4-7H2,1-3H3,(H,15,16);9-10H,4-8H2,1-3H3,(H,14,15);3*9H,4-8H2,1-3H3,(H,13,14);8-9H,3-7H2,1-2H3,(H,12,13). The average Bonchev–Trinajstić information content (AvgIpc) is 0.795. The Morgan fingerprint density at radius 1 is 0.349 bits per heavy atom. The van der Waals surface area contributed by atoms with Crippen LogP contribution in [0.5, 0.6) is 0 Å². The first-order chi connectivity index (χ1) is 68.7. The molecule has 9 fully saturated rings. The van der Waals surface area contributed by atoms with Crippen LogP contribution in [0.25, 0.3) is 0 Å². The van der Waals surface area contributed by atoms with Gasteiger partial charge in [-0.3, -0.25) is 82.8 Å². The summed E-state index contributed by atoms with van der Waals surface area (Å²) in [4.78, 5) is 119. The van der Waals surface area contributed by atoms with Gasteiger partial charge in [-0.25, -0.2) is 23.6 Å². The highest BCUT2D eigenvalue weighted by Gasteiger charge is 2.48. The number of halogens is 5. The van der Waals surface area contributed by atoms with E-state index in [2.05, 4.69) is 168 Å². The number of aliphatic carboxylic acids is 9. The number of carbonyl (C=O) groups is 9. The van der Waals surface area contributed by atoms with Crippen LogP contribution in [0.4, 0.5) is 22.0 Å². The van der Waals surface area contributed by atoms with Crippen LogP contribution in [0, 0.1) is 0 Å². The highest BCUT2D eigenvalue weighted by molar-refractivity contribution is 8.00. The van der Waals surface area contributed by atoms with E-state index in [0.29, 0.717) is 95.8 Å². The van der Waals surface area contributed by atoms with Crippen LogP contribution in [0.1, 0.15) is 179 Å². The zero-order valence-corrected chi connectivity index (χ0v) is 95.7. The van der Waals surface area contributed by atoms with Gasteiger partial charge in [0.05, 0.1) is 173 Å². The minimum atomic E-state index is -3.23. The number of morpholine rings is 8. The lowest BCUT2D eigenvalue weighted by atomic mass is 9.98. The van der Waals surface area contributed by atoms with Crippen molar-refractivity contribution in [1.82, 2.24) is 58.8 Å². The number of likely N-dealkylation sites (N-methyl/N-ethyl adjacent to an activating group) is 3. The van der Waals surface area contributed by atoms with Crippen LogP contribution in [-0.2, 0) is 100.0 Å². The summed E-state index contributed by atoms with van der Waals surface area (Å²) in [6.45, 7) is 65.5. The SMILES string of the molecule is CC(C)(C)N1CC(COCC(=O)O)OC(F)(F)C1.CC(C)(C)N1CC(F)(F)OCC1COCC(=O)O.CC(C)(C)N1CCOC(COCC(=O)O)C1.CC(C)(C)N1CCOC(CSCC(=O)O)C1.CC(C)(C)N1CCOCC1COCC(=O)O.CC(C)N1CC(F)CCC1CN(C)CC(=O)O.CC(C)N1CCOCC1CN(C)CC(=O)O.CC(C)N1CCOCC1CSCC(=O)O.CN(CC(=O)O)CC1CN(C(C)(C)C)CCO1. The predicted molar refractivity (Wildman–Crippen MR) is 558 cm³/mol. The van der Waals surface area contributed by atoms with Crippen molar-refractivity contribution in [3.63, 3.8) is 0 Å². The minimum absolute atomic E-state index is 0.0210. The summed E-state index contributed by atoms with van der Waals surface area (Å²) in [5, 5.41) is 77.0. The Hall–Kier alpha value is -5.38. The quantitative estimate of drug-likeness (QED) is 0.0268. The topological polar surface area (TPSA) is 485 Å². The molecule has 0 saturated carbocycles. The van der Waals surface area contributed by atoms with Crippen molar-refractivity contribution in [3.05, 3.63) is 0 Å². The highest BCUT2D eigenvalue weighted by atomic mass is 32.2. The monoisotopic (exact) mass is 2200 g/mol. The van der Waals surface area contributed by atoms with Gasteiger partial charge in [-0.15, -0.1) is 23.5 Å².